The number of amidine groups is 1. The fourth-order valence-electron chi connectivity index (χ4n) is 4.36. The molecule has 1 spiro atoms. The second-order valence-electron chi connectivity index (χ2n) is 8.39. The zero-order valence-electron chi connectivity index (χ0n) is 18.0. The van der Waals surface area contributed by atoms with E-state index >= 15 is 0 Å². The van der Waals surface area contributed by atoms with Crippen molar-refractivity contribution in [2.24, 2.45) is 4.99 Å². The first-order valence-corrected chi connectivity index (χ1v) is 12.1. The Morgan fingerprint density at radius 2 is 1.84 bits per heavy atom. The molecule has 2 aliphatic rings. The van der Waals surface area contributed by atoms with Crippen molar-refractivity contribution >= 4 is 15.9 Å². The lowest BCUT2D eigenvalue weighted by Gasteiger charge is -2.44. The molecule has 0 radical (unpaired) electrons. The molecule has 0 saturated carbocycles. The van der Waals surface area contributed by atoms with E-state index in [-0.39, 0.29) is 11.4 Å². The molecule has 2 aromatic rings. The zero-order chi connectivity index (χ0) is 22.1. The molecule has 8 heteroatoms. The molecule has 1 fully saturated rings. The summed E-state index contributed by atoms with van der Waals surface area (Å²) in [5.41, 5.74) is 2.32. The van der Waals surface area contributed by atoms with Crippen LogP contribution in [0.5, 0.6) is 0 Å². The smallest absolute Gasteiger partial charge is 0.243 e. The number of nitrogens with one attached hydrogen (secondary N) is 2. The molecule has 0 bridgehead atoms. The Bertz CT molecular complexity index is 1080. The fraction of sp³-hybridized carbons (Fsp3) is 0.435. The number of rotatable bonds is 4. The van der Waals surface area contributed by atoms with Gasteiger partial charge in [-0.3, -0.25) is 4.99 Å². The van der Waals surface area contributed by atoms with Gasteiger partial charge in [0.15, 0.2) is 0 Å². The van der Waals surface area contributed by atoms with Crippen LogP contribution in [0.15, 0.2) is 52.4 Å². The van der Waals surface area contributed by atoms with E-state index in [1.54, 1.807) is 22.5 Å². The Morgan fingerprint density at radius 1 is 1.13 bits per heavy atom. The highest BCUT2D eigenvalue weighted by molar-refractivity contribution is 7.89. The van der Waals surface area contributed by atoms with Crippen LogP contribution in [0.4, 0.5) is 4.39 Å². The first-order chi connectivity index (χ1) is 14.8. The molecule has 166 valence electrons. The van der Waals surface area contributed by atoms with Crippen molar-refractivity contribution in [2.45, 2.75) is 43.7 Å². The molecular weight excluding hydrogens is 415 g/mol. The maximum absolute atomic E-state index is 13.3. The normalized spacial score (nSPS) is 19.3. The van der Waals surface area contributed by atoms with Gasteiger partial charge in [0.2, 0.25) is 10.0 Å². The summed E-state index contributed by atoms with van der Waals surface area (Å²) in [6.45, 7) is 6.60. The molecule has 0 amide bonds. The van der Waals surface area contributed by atoms with Gasteiger partial charge < -0.3 is 10.6 Å². The second kappa shape index (κ2) is 8.68. The minimum absolute atomic E-state index is 0.255. The van der Waals surface area contributed by atoms with Gasteiger partial charge in [-0.1, -0.05) is 24.3 Å². The summed E-state index contributed by atoms with van der Waals surface area (Å²) in [6.07, 6.45) is 1.29. The van der Waals surface area contributed by atoms with Crippen LogP contribution in [-0.2, 0) is 16.6 Å². The molecule has 6 nitrogen and oxygen atoms in total. The minimum atomic E-state index is -3.54. The Kier molecular flexibility index (Phi) is 6.14. The number of aliphatic imine (C=N–C) groups is 1. The SMILES string of the molecule is Cc1ccc(C)c(S(=O)(=O)N2CCC3(CC2)NCCN=C3NCc2ccc(F)cc2)c1. The van der Waals surface area contributed by atoms with Crippen molar-refractivity contribution in [3.8, 4) is 0 Å². The monoisotopic (exact) mass is 444 g/mol. The van der Waals surface area contributed by atoms with Crippen LogP contribution in [0.1, 0.15) is 29.5 Å². The Labute approximate surface area is 183 Å². The van der Waals surface area contributed by atoms with E-state index in [4.69, 9.17) is 4.99 Å². The second-order valence-corrected chi connectivity index (χ2v) is 10.3. The molecule has 2 aliphatic heterocycles. The largest absolute Gasteiger partial charge is 0.368 e. The molecule has 1 saturated heterocycles. The predicted molar refractivity (Wildman–Crippen MR) is 120 cm³/mol. The average Bonchev–Trinajstić information content (AvgIpc) is 2.76. The first-order valence-electron chi connectivity index (χ1n) is 10.7. The minimum Gasteiger partial charge on any atom is -0.368 e. The van der Waals surface area contributed by atoms with Crippen LogP contribution in [0.2, 0.25) is 0 Å². The van der Waals surface area contributed by atoms with Crippen LogP contribution in [-0.4, -0.2) is 50.3 Å². The van der Waals surface area contributed by atoms with Crippen LogP contribution >= 0.6 is 0 Å². The third-order valence-corrected chi connectivity index (χ3v) is 8.25. The molecule has 0 aliphatic carbocycles. The van der Waals surface area contributed by atoms with Gasteiger partial charge >= 0.3 is 0 Å². The summed E-state index contributed by atoms with van der Waals surface area (Å²) in [6, 6.07) is 12.0. The van der Waals surface area contributed by atoms with Crippen molar-refractivity contribution in [3.05, 3.63) is 65.0 Å². The molecular formula is C23H29FN4O2S. The zero-order valence-corrected chi connectivity index (χ0v) is 18.8. The van der Waals surface area contributed by atoms with E-state index in [9.17, 15) is 12.8 Å². The summed E-state index contributed by atoms with van der Waals surface area (Å²) >= 11 is 0. The first kappa shape index (κ1) is 21.9. The van der Waals surface area contributed by atoms with Gasteiger partial charge in [-0.15, -0.1) is 0 Å². The average molecular weight is 445 g/mol. The number of nitrogens with zero attached hydrogens (tertiary/aromatic N) is 2. The maximum Gasteiger partial charge on any atom is 0.243 e. The molecule has 0 aromatic heterocycles. The number of aryl methyl sites for hydroxylation is 2. The van der Waals surface area contributed by atoms with Gasteiger partial charge in [-0.05, 0) is 61.6 Å². The topological polar surface area (TPSA) is 73.8 Å². The van der Waals surface area contributed by atoms with Gasteiger partial charge in [0.1, 0.15) is 11.7 Å². The van der Waals surface area contributed by atoms with E-state index < -0.39 is 10.0 Å². The number of sulfonamides is 1. The molecule has 0 unspecified atom stereocenters. The van der Waals surface area contributed by atoms with E-state index in [1.807, 2.05) is 26.0 Å². The summed E-state index contributed by atoms with van der Waals surface area (Å²) < 4.78 is 41.3. The highest BCUT2D eigenvalue weighted by Gasteiger charge is 2.43. The van der Waals surface area contributed by atoms with E-state index in [0.29, 0.717) is 43.9 Å². The predicted octanol–water partition coefficient (Wildman–Crippen LogP) is 2.76. The third-order valence-electron chi connectivity index (χ3n) is 6.21. The van der Waals surface area contributed by atoms with E-state index in [2.05, 4.69) is 10.6 Å². The summed E-state index contributed by atoms with van der Waals surface area (Å²) in [5.74, 6) is 0.612. The highest BCUT2D eigenvalue weighted by atomic mass is 32.2. The molecule has 2 aromatic carbocycles. The fourth-order valence-corrected chi connectivity index (χ4v) is 6.11. The van der Waals surface area contributed by atoms with Gasteiger partial charge in [-0.2, -0.15) is 4.31 Å². The summed E-state index contributed by atoms with van der Waals surface area (Å²) in [4.78, 5) is 5.10. The number of hydrogen-bond donors (Lipinski definition) is 2. The number of halogens is 1. The maximum atomic E-state index is 13.3. The van der Waals surface area contributed by atoms with Gasteiger partial charge in [0.05, 0.1) is 17.0 Å². The van der Waals surface area contributed by atoms with Crippen LogP contribution < -0.4 is 10.6 Å². The van der Waals surface area contributed by atoms with Crippen molar-refractivity contribution < 1.29 is 12.8 Å². The lowest BCUT2D eigenvalue weighted by atomic mass is 9.85. The van der Waals surface area contributed by atoms with Gasteiger partial charge in [0.25, 0.3) is 0 Å². The highest BCUT2D eigenvalue weighted by Crippen LogP contribution is 2.30. The molecule has 2 heterocycles. The van der Waals surface area contributed by atoms with Crippen molar-refractivity contribution in [2.75, 3.05) is 26.2 Å². The third kappa shape index (κ3) is 4.51. The quantitative estimate of drug-likeness (QED) is 0.761. The lowest BCUT2D eigenvalue weighted by Crippen LogP contribution is -2.64. The number of hydrogen-bond acceptors (Lipinski definition) is 5. The van der Waals surface area contributed by atoms with Crippen molar-refractivity contribution in [1.29, 1.82) is 0 Å². The van der Waals surface area contributed by atoms with Crippen molar-refractivity contribution in [3.63, 3.8) is 0 Å². The number of piperidine rings is 1. The summed E-state index contributed by atoms with van der Waals surface area (Å²) in [5, 5.41) is 7.00. The van der Waals surface area contributed by atoms with Crippen molar-refractivity contribution in [1.82, 2.24) is 14.9 Å². The van der Waals surface area contributed by atoms with E-state index in [1.165, 1.54) is 12.1 Å². The Morgan fingerprint density at radius 3 is 2.55 bits per heavy atom. The number of benzene rings is 2. The molecule has 2 N–H and O–H groups in total. The van der Waals surface area contributed by atoms with Crippen LogP contribution in [0.25, 0.3) is 0 Å². The Balaban J connectivity index is 1.47. The molecule has 0 atom stereocenters. The standard InChI is InChI=1S/C23H29FN4O2S/c1-17-3-4-18(2)21(15-17)31(29,30)28-13-9-23(10-14-28)22(25-11-12-27-23)26-16-19-5-7-20(24)8-6-19/h3-8,15,27H,9-14,16H2,1-2H3,(H,25,26). The lowest BCUT2D eigenvalue weighted by molar-refractivity contribution is 0.241. The van der Waals surface area contributed by atoms with Crippen LogP contribution in [0, 0.1) is 19.7 Å². The molecule has 4 rings (SSSR count). The Hall–Kier alpha value is -2.29. The van der Waals surface area contributed by atoms with E-state index in [0.717, 1.165) is 29.1 Å². The van der Waals surface area contributed by atoms with Gasteiger partial charge in [-0.25, -0.2) is 12.8 Å². The molecule has 31 heavy (non-hydrogen) atoms. The van der Waals surface area contributed by atoms with Gasteiger partial charge in [0, 0.05) is 26.2 Å². The summed E-state index contributed by atoms with van der Waals surface area (Å²) in [7, 11) is -3.54. The van der Waals surface area contributed by atoms with Crippen LogP contribution in [0.3, 0.4) is 0 Å².